The quantitative estimate of drug-likeness (QED) is 0.0471. The lowest BCUT2D eigenvalue weighted by Gasteiger charge is -2.44. The predicted octanol–water partition coefficient (Wildman–Crippen LogP) is 0.643. The number of nitrogens with one attached hydrogen (secondary N) is 1. The summed E-state index contributed by atoms with van der Waals surface area (Å²) in [6.45, 7) is -0.895. The van der Waals surface area contributed by atoms with Gasteiger partial charge in [0.15, 0.2) is 5.43 Å². The zero-order valence-corrected chi connectivity index (χ0v) is 30.3. The zero-order chi connectivity index (χ0) is 40.6. The molecule has 2 aromatic rings. The predicted molar refractivity (Wildman–Crippen MR) is 183 cm³/mol. The van der Waals surface area contributed by atoms with Gasteiger partial charge in [-0.2, -0.15) is 0 Å². The Bertz CT molecular complexity index is 2270. The maximum absolute atomic E-state index is 13.0. The molecule has 22 nitrogen and oxygen atoms in total. The number of fused-ring (bicyclic) bond motifs is 2. The second kappa shape index (κ2) is 16.3. The van der Waals surface area contributed by atoms with Crippen LogP contribution < -0.4 is 10.7 Å². The molecule has 1 unspecified atom stereocenters. The molecule has 7 atom stereocenters. The minimum Gasteiger partial charge on any atom is -0.508 e. The van der Waals surface area contributed by atoms with Gasteiger partial charge in [0.25, 0.3) is 5.91 Å². The summed E-state index contributed by atoms with van der Waals surface area (Å²) in [5, 5.41) is 54.2. The minimum absolute atomic E-state index is 0.112. The van der Waals surface area contributed by atoms with Crippen LogP contribution in [0.1, 0.15) is 27.1 Å². The van der Waals surface area contributed by atoms with E-state index in [2.05, 4.69) is 14.4 Å². The lowest BCUT2D eigenvalue weighted by Crippen LogP contribution is -2.65. The van der Waals surface area contributed by atoms with Crippen LogP contribution in [-0.4, -0.2) is 112 Å². The van der Waals surface area contributed by atoms with Gasteiger partial charge in [0.1, 0.15) is 53.7 Å². The summed E-state index contributed by atoms with van der Waals surface area (Å²) < 4.78 is 59.1. The number of phenolic OH excluding ortho intramolecular Hbond substituents is 1. The van der Waals surface area contributed by atoms with Crippen LogP contribution in [-0.2, 0) is 31.8 Å². The SMILES string of the molecule is O=C(NCCCOP(=O)(O)O[C@@H]1[C@H](O)[C@H](O)[C@@H](OP(=O)(O)O)[C@H](OP(=O)(O)O)[C@H]1O)c1ccc(-c2c3ccc(=O)cc-3oc3cc(O)ccc23)c(C(=O)O)c1. The number of aliphatic hydroxyl groups is 3. The van der Waals surface area contributed by atoms with Gasteiger partial charge in [-0.05, 0) is 48.4 Å². The highest BCUT2D eigenvalue weighted by molar-refractivity contribution is 7.47. The summed E-state index contributed by atoms with van der Waals surface area (Å²) in [4.78, 5) is 84.2. The standard InChI is InChI=1S/C30H32NO21P3/c32-14-3-6-17-20(11-14)49-21-12-15(33)4-7-18(21)22(17)16-5-2-13(10-19(16)30(38)39)29(37)31-8-1-9-48-55(46,47)52-26-23(34)24(35)27(50-53(40,41)42)28(25(26)36)51-54(43,44)45/h2-7,10-12,23-28,32,34-36H,1,8-9H2,(H,31,37)(H,38,39)(H,46,47)(H2,40,41,42)(H2,43,44,45)/t23-,24+,25+,26-,27-,28-/m1/s1. The summed E-state index contributed by atoms with van der Waals surface area (Å²) in [5.74, 6) is -2.23. The number of carboxylic acid groups (broad SMARTS) is 1. The van der Waals surface area contributed by atoms with Gasteiger partial charge in [-0.1, -0.05) is 6.07 Å². The molecule has 1 heterocycles. The van der Waals surface area contributed by atoms with E-state index in [0.29, 0.717) is 16.5 Å². The Kier molecular flexibility index (Phi) is 12.5. The summed E-state index contributed by atoms with van der Waals surface area (Å²) in [6, 6.07) is 11.9. The molecule has 1 aliphatic heterocycles. The van der Waals surface area contributed by atoms with Crippen LogP contribution in [0.15, 0.2) is 63.8 Å². The average molecular weight is 835 g/mol. The van der Waals surface area contributed by atoms with E-state index in [9.17, 15) is 68.3 Å². The van der Waals surface area contributed by atoms with E-state index >= 15 is 0 Å². The van der Waals surface area contributed by atoms with Crippen molar-refractivity contribution < 1.29 is 95.8 Å². The lowest BCUT2D eigenvalue weighted by atomic mass is 9.85. The molecule has 2 aromatic carbocycles. The number of carbonyl (C=O) groups is 2. The van der Waals surface area contributed by atoms with Gasteiger partial charge in [-0.25, -0.2) is 18.5 Å². The van der Waals surface area contributed by atoms with Crippen molar-refractivity contribution in [3.05, 3.63) is 75.9 Å². The second-order valence-electron chi connectivity index (χ2n) is 12.0. The molecule has 0 saturated heterocycles. The Hall–Kier alpha value is -3.92. The molecule has 0 radical (unpaired) electrons. The van der Waals surface area contributed by atoms with E-state index in [4.69, 9.17) is 23.3 Å². The fraction of sp³-hybridized carbons (Fsp3) is 0.300. The molecule has 11 N–H and O–H groups in total. The Morgan fingerprint density at radius 1 is 0.764 bits per heavy atom. The smallest absolute Gasteiger partial charge is 0.472 e. The number of phenols is 1. The minimum atomic E-state index is -5.59. The number of benzene rings is 3. The molecule has 298 valence electrons. The van der Waals surface area contributed by atoms with Crippen LogP contribution in [0.25, 0.3) is 33.4 Å². The highest BCUT2D eigenvalue weighted by Gasteiger charge is 2.56. The largest absolute Gasteiger partial charge is 0.508 e. The molecule has 1 amide bonds. The second-order valence-corrected chi connectivity index (χ2v) is 15.7. The fourth-order valence-corrected chi connectivity index (χ4v) is 7.92. The van der Waals surface area contributed by atoms with Crippen LogP contribution in [0.5, 0.6) is 5.75 Å². The zero-order valence-electron chi connectivity index (χ0n) is 27.6. The number of rotatable bonds is 14. The third-order valence-electron chi connectivity index (χ3n) is 8.11. The monoisotopic (exact) mass is 835 g/mol. The Balaban J connectivity index is 1.25. The van der Waals surface area contributed by atoms with Crippen LogP contribution >= 0.6 is 23.5 Å². The Labute approximate surface area is 307 Å². The molecule has 3 aliphatic rings. The van der Waals surface area contributed by atoms with Crippen molar-refractivity contribution in [3.8, 4) is 28.2 Å². The van der Waals surface area contributed by atoms with Gasteiger partial charge in [-0.3, -0.25) is 27.7 Å². The molecule has 0 spiro atoms. The fourth-order valence-electron chi connectivity index (χ4n) is 5.82. The molecule has 5 rings (SSSR count). The third-order valence-corrected chi connectivity index (χ3v) is 10.2. The van der Waals surface area contributed by atoms with Crippen molar-refractivity contribution in [2.24, 2.45) is 0 Å². The molecule has 25 heteroatoms. The number of aromatic hydroxyl groups is 1. The van der Waals surface area contributed by atoms with Crippen LogP contribution in [0, 0.1) is 0 Å². The maximum Gasteiger partial charge on any atom is 0.472 e. The van der Waals surface area contributed by atoms with Crippen molar-refractivity contribution in [2.45, 2.75) is 43.0 Å². The average Bonchev–Trinajstić information content (AvgIpc) is 3.08. The molecule has 1 saturated carbocycles. The number of hydrogen-bond acceptors (Lipinski definition) is 15. The number of phosphoric acid groups is 3. The van der Waals surface area contributed by atoms with Crippen molar-refractivity contribution in [1.29, 1.82) is 0 Å². The lowest BCUT2D eigenvalue weighted by molar-refractivity contribution is -0.212. The summed E-state index contributed by atoms with van der Waals surface area (Å²) >= 11 is 0. The van der Waals surface area contributed by atoms with Crippen LogP contribution in [0.4, 0.5) is 0 Å². The van der Waals surface area contributed by atoms with Crippen molar-refractivity contribution >= 4 is 46.3 Å². The molecular formula is C30H32NO21P3. The van der Waals surface area contributed by atoms with Crippen molar-refractivity contribution in [2.75, 3.05) is 13.2 Å². The number of carbonyl (C=O) groups excluding carboxylic acids is 1. The van der Waals surface area contributed by atoms with Gasteiger partial charge in [0.05, 0.1) is 12.2 Å². The van der Waals surface area contributed by atoms with Crippen LogP contribution in [0.2, 0.25) is 0 Å². The highest BCUT2D eigenvalue weighted by atomic mass is 31.2. The first-order valence-corrected chi connectivity index (χ1v) is 20.1. The number of aromatic carboxylic acids is 1. The molecule has 1 fully saturated rings. The summed E-state index contributed by atoms with van der Waals surface area (Å²) in [5.41, 5.74) is 0.205. The van der Waals surface area contributed by atoms with Crippen LogP contribution in [0.3, 0.4) is 0 Å². The topological polar surface area (TPSA) is 367 Å². The van der Waals surface area contributed by atoms with Gasteiger partial charge in [-0.15, -0.1) is 0 Å². The molecule has 0 bridgehead atoms. The van der Waals surface area contributed by atoms with Gasteiger partial charge < -0.3 is 59.7 Å². The van der Waals surface area contributed by atoms with Gasteiger partial charge in [0, 0.05) is 40.8 Å². The van der Waals surface area contributed by atoms with Crippen molar-refractivity contribution in [1.82, 2.24) is 5.32 Å². The van der Waals surface area contributed by atoms with Gasteiger partial charge >= 0.3 is 29.4 Å². The first-order valence-electron chi connectivity index (χ1n) is 15.6. The first kappa shape index (κ1) is 42.2. The highest BCUT2D eigenvalue weighted by Crippen LogP contribution is 2.51. The van der Waals surface area contributed by atoms with E-state index < -0.39 is 78.6 Å². The number of amides is 1. The van der Waals surface area contributed by atoms with E-state index in [1.54, 1.807) is 0 Å². The Morgan fingerprint density at radius 2 is 1.38 bits per heavy atom. The van der Waals surface area contributed by atoms with Gasteiger partial charge in [0.2, 0.25) is 0 Å². The van der Waals surface area contributed by atoms with Crippen molar-refractivity contribution in [3.63, 3.8) is 0 Å². The normalized spacial score (nSPS) is 23.1. The number of phosphoric ester groups is 3. The van der Waals surface area contributed by atoms with E-state index in [1.165, 1.54) is 48.5 Å². The number of hydrogen-bond donors (Lipinski definition) is 11. The molecular weight excluding hydrogens is 803 g/mol. The summed E-state index contributed by atoms with van der Waals surface area (Å²) in [7, 11) is -16.4. The van der Waals surface area contributed by atoms with E-state index in [-0.39, 0.29) is 52.2 Å². The maximum atomic E-state index is 13.0. The number of carboxylic acids is 1. The molecule has 2 aliphatic carbocycles. The summed E-state index contributed by atoms with van der Waals surface area (Å²) in [6.07, 6.45) is -15.1. The van der Waals surface area contributed by atoms with E-state index in [1.807, 2.05) is 0 Å². The molecule has 55 heavy (non-hydrogen) atoms. The third kappa shape index (κ3) is 10.1. The van der Waals surface area contributed by atoms with E-state index in [0.717, 1.165) is 6.07 Å². The Morgan fingerprint density at radius 3 is 2.02 bits per heavy atom. The first-order chi connectivity index (χ1) is 25.5. The number of aliphatic hydroxyl groups excluding tert-OH is 3. The molecule has 0 aromatic heterocycles.